The molecule has 0 unspecified atom stereocenters. The number of amides is 1. The van der Waals surface area contributed by atoms with Gasteiger partial charge in [0.15, 0.2) is 5.65 Å². The summed E-state index contributed by atoms with van der Waals surface area (Å²) < 4.78 is 7.15. The summed E-state index contributed by atoms with van der Waals surface area (Å²) in [5.74, 6) is 1.31. The van der Waals surface area contributed by atoms with E-state index in [1.54, 1.807) is 13.3 Å². The summed E-state index contributed by atoms with van der Waals surface area (Å²) in [6, 6.07) is 10.0. The predicted octanol–water partition coefficient (Wildman–Crippen LogP) is 4.56. The molecule has 29 heavy (non-hydrogen) atoms. The largest absolute Gasteiger partial charge is 0.497 e. The van der Waals surface area contributed by atoms with Gasteiger partial charge in [-0.25, -0.2) is 9.67 Å². The predicted molar refractivity (Wildman–Crippen MR) is 113 cm³/mol. The smallest absolute Gasteiger partial charge is 0.255 e. The van der Waals surface area contributed by atoms with Crippen molar-refractivity contribution in [2.45, 2.75) is 52.1 Å². The van der Waals surface area contributed by atoms with E-state index < -0.39 is 0 Å². The van der Waals surface area contributed by atoms with Gasteiger partial charge in [0.1, 0.15) is 5.75 Å². The maximum absolute atomic E-state index is 13.5. The Morgan fingerprint density at radius 1 is 1.28 bits per heavy atom. The highest BCUT2D eigenvalue weighted by Gasteiger charge is 2.29. The van der Waals surface area contributed by atoms with Crippen molar-refractivity contribution >= 4 is 16.9 Å². The molecule has 2 aromatic heterocycles. The normalized spacial score (nSPS) is 13.8. The molecule has 1 amide bonds. The van der Waals surface area contributed by atoms with Crippen LogP contribution in [-0.4, -0.2) is 39.2 Å². The molecule has 0 atom stereocenters. The van der Waals surface area contributed by atoms with Crippen molar-refractivity contribution in [3.05, 3.63) is 53.3 Å². The first-order chi connectivity index (χ1) is 14.0. The van der Waals surface area contributed by atoms with Gasteiger partial charge in [-0.15, -0.1) is 0 Å². The third-order valence-electron chi connectivity index (χ3n) is 5.50. The molecule has 1 saturated carbocycles. The molecule has 152 valence electrons. The highest BCUT2D eigenvalue weighted by Crippen LogP contribution is 2.40. The zero-order valence-electron chi connectivity index (χ0n) is 17.6. The standard InChI is InChI=1S/C23H28N4O2/c1-5-26(14-16-6-10-18(29-4)11-7-16)23(28)19-12-21(17-8-9-17)25-22-20(19)13-24-27(22)15(2)3/h6-7,10-13,15,17H,5,8-9,14H2,1-4H3. The van der Waals surface area contributed by atoms with Crippen LogP contribution in [-0.2, 0) is 6.54 Å². The van der Waals surface area contributed by atoms with E-state index in [2.05, 4.69) is 18.9 Å². The number of pyridine rings is 1. The fraction of sp³-hybridized carbons (Fsp3) is 0.435. The summed E-state index contributed by atoms with van der Waals surface area (Å²) in [6.07, 6.45) is 4.07. The second kappa shape index (κ2) is 7.85. The molecule has 1 fully saturated rings. The number of hydrogen-bond donors (Lipinski definition) is 0. The Kier molecular flexibility index (Phi) is 5.26. The van der Waals surface area contributed by atoms with Crippen LogP contribution in [0, 0.1) is 0 Å². The van der Waals surface area contributed by atoms with E-state index in [9.17, 15) is 4.79 Å². The Labute approximate surface area is 171 Å². The Morgan fingerprint density at radius 2 is 2.00 bits per heavy atom. The Bertz CT molecular complexity index is 1020. The van der Waals surface area contributed by atoms with Gasteiger partial charge in [0.25, 0.3) is 5.91 Å². The molecule has 6 nitrogen and oxygen atoms in total. The van der Waals surface area contributed by atoms with Crippen LogP contribution in [0.1, 0.15) is 67.2 Å². The maximum Gasteiger partial charge on any atom is 0.255 e. The van der Waals surface area contributed by atoms with Crippen LogP contribution >= 0.6 is 0 Å². The number of carbonyl (C=O) groups is 1. The number of methoxy groups -OCH3 is 1. The third-order valence-corrected chi connectivity index (χ3v) is 5.50. The summed E-state index contributed by atoms with van der Waals surface area (Å²) in [6.45, 7) is 7.37. The summed E-state index contributed by atoms with van der Waals surface area (Å²) in [5, 5.41) is 5.35. The Hall–Kier alpha value is -2.89. The second-order valence-corrected chi connectivity index (χ2v) is 7.96. The van der Waals surface area contributed by atoms with Crippen LogP contribution in [0.15, 0.2) is 36.5 Å². The van der Waals surface area contributed by atoms with Crippen molar-refractivity contribution in [3.8, 4) is 5.75 Å². The van der Waals surface area contributed by atoms with Crippen LogP contribution < -0.4 is 4.74 Å². The average Bonchev–Trinajstić information content (AvgIpc) is 3.49. The van der Waals surface area contributed by atoms with Gasteiger partial charge in [0.2, 0.25) is 0 Å². The molecule has 4 rings (SSSR count). The summed E-state index contributed by atoms with van der Waals surface area (Å²) >= 11 is 0. The zero-order valence-corrected chi connectivity index (χ0v) is 17.6. The molecule has 0 radical (unpaired) electrons. The summed E-state index contributed by atoms with van der Waals surface area (Å²) in [7, 11) is 1.65. The molecule has 2 heterocycles. The molecule has 1 aromatic carbocycles. The molecular weight excluding hydrogens is 364 g/mol. The lowest BCUT2D eigenvalue weighted by Gasteiger charge is -2.22. The topological polar surface area (TPSA) is 60.2 Å². The van der Waals surface area contributed by atoms with Gasteiger partial charge in [-0.3, -0.25) is 4.79 Å². The molecule has 0 aliphatic heterocycles. The van der Waals surface area contributed by atoms with Gasteiger partial charge in [0.05, 0.1) is 24.3 Å². The van der Waals surface area contributed by atoms with Crippen LogP contribution in [0.25, 0.3) is 11.0 Å². The molecule has 1 aliphatic rings. The van der Waals surface area contributed by atoms with Gasteiger partial charge in [0, 0.05) is 30.7 Å². The molecule has 6 heteroatoms. The van der Waals surface area contributed by atoms with E-state index in [-0.39, 0.29) is 11.9 Å². The van der Waals surface area contributed by atoms with Gasteiger partial charge in [-0.1, -0.05) is 12.1 Å². The number of carbonyl (C=O) groups excluding carboxylic acids is 1. The molecule has 0 saturated heterocycles. The lowest BCUT2D eigenvalue weighted by atomic mass is 10.1. The third kappa shape index (κ3) is 3.84. The number of fused-ring (bicyclic) bond motifs is 1. The number of benzene rings is 1. The van der Waals surface area contributed by atoms with Crippen LogP contribution in [0.5, 0.6) is 5.75 Å². The van der Waals surface area contributed by atoms with Gasteiger partial charge in [-0.05, 0) is 57.4 Å². The molecule has 3 aromatic rings. The Morgan fingerprint density at radius 3 is 2.59 bits per heavy atom. The molecule has 0 N–H and O–H groups in total. The Balaban J connectivity index is 1.70. The monoisotopic (exact) mass is 392 g/mol. The van der Waals surface area contributed by atoms with Crippen molar-refractivity contribution in [1.29, 1.82) is 0 Å². The highest BCUT2D eigenvalue weighted by molar-refractivity contribution is 6.05. The van der Waals surface area contributed by atoms with Crippen LogP contribution in [0.4, 0.5) is 0 Å². The number of ether oxygens (including phenoxy) is 1. The van der Waals surface area contributed by atoms with Gasteiger partial charge < -0.3 is 9.64 Å². The second-order valence-electron chi connectivity index (χ2n) is 7.96. The minimum atomic E-state index is 0.0286. The molecule has 1 aliphatic carbocycles. The quantitative estimate of drug-likeness (QED) is 0.591. The van der Waals surface area contributed by atoms with Crippen molar-refractivity contribution in [3.63, 3.8) is 0 Å². The lowest BCUT2D eigenvalue weighted by Crippen LogP contribution is -2.30. The van der Waals surface area contributed by atoms with Gasteiger partial charge in [-0.2, -0.15) is 5.10 Å². The number of nitrogens with zero attached hydrogens (tertiary/aromatic N) is 4. The number of hydrogen-bond acceptors (Lipinski definition) is 4. The first kappa shape index (κ1) is 19.4. The fourth-order valence-corrected chi connectivity index (χ4v) is 3.63. The number of aromatic nitrogens is 3. The van der Waals surface area contributed by atoms with Crippen LogP contribution in [0.3, 0.4) is 0 Å². The van der Waals surface area contributed by atoms with E-state index in [1.807, 2.05) is 46.8 Å². The molecule has 0 bridgehead atoms. The van der Waals surface area contributed by atoms with Crippen molar-refractivity contribution in [1.82, 2.24) is 19.7 Å². The first-order valence-corrected chi connectivity index (χ1v) is 10.3. The van der Waals surface area contributed by atoms with Crippen molar-refractivity contribution < 1.29 is 9.53 Å². The average molecular weight is 393 g/mol. The molecular formula is C23H28N4O2. The van der Waals surface area contributed by atoms with Crippen molar-refractivity contribution in [2.24, 2.45) is 0 Å². The highest BCUT2D eigenvalue weighted by atomic mass is 16.5. The molecule has 0 spiro atoms. The minimum Gasteiger partial charge on any atom is -0.497 e. The first-order valence-electron chi connectivity index (χ1n) is 10.3. The van der Waals surface area contributed by atoms with Crippen molar-refractivity contribution in [2.75, 3.05) is 13.7 Å². The summed E-state index contributed by atoms with van der Waals surface area (Å²) in [4.78, 5) is 20.3. The number of rotatable bonds is 7. The zero-order chi connectivity index (χ0) is 20.5. The lowest BCUT2D eigenvalue weighted by molar-refractivity contribution is 0.0754. The van der Waals surface area contributed by atoms with Gasteiger partial charge >= 0.3 is 0 Å². The summed E-state index contributed by atoms with van der Waals surface area (Å²) in [5.41, 5.74) is 3.61. The van der Waals surface area contributed by atoms with E-state index in [1.165, 1.54) is 0 Å². The maximum atomic E-state index is 13.5. The van der Waals surface area contributed by atoms with E-state index >= 15 is 0 Å². The van der Waals surface area contributed by atoms with E-state index in [0.29, 0.717) is 24.6 Å². The van der Waals surface area contributed by atoms with E-state index in [4.69, 9.17) is 9.72 Å². The minimum absolute atomic E-state index is 0.0286. The van der Waals surface area contributed by atoms with E-state index in [0.717, 1.165) is 40.9 Å². The van der Waals surface area contributed by atoms with Crippen LogP contribution in [0.2, 0.25) is 0 Å². The fourth-order valence-electron chi connectivity index (χ4n) is 3.63. The SMILES string of the molecule is CCN(Cc1ccc(OC)cc1)C(=O)c1cc(C2CC2)nc2c1cnn2C(C)C.